The fraction of sp³-hybridized carbons (Fsp3) is 0.824. The van der Waals surface area contributed by atoms with Gasteiger partial charge in [-0.25, -0.2) is 0 Å². The van der Waals surface area contributed by atoms with Gasteiger partial charge in [0.2, 0.25) is 0 Å². The molecule has 0 heterocycles. The fourth-order valence-electron chi connectivity index (χ4n) is 2.93. The Morgan fingerprint density at radius 1 is 1.16 bits per heavy atom. The van der Waals surface area contributed by atoms with E-state index in [2.05, 4.69) is 6.92 Å². The molecule has 19 heavy (non-hydrogen) atoms. The summed E-state index contributed by atoms with van der Waals surface area (Å²) < 4.78 is 0. The second kappa shape index (κ2) is 8.52. The van der Waals surface area contributed by atoms with Crippen LogP contribution in [0.4, 0.5) is 0 Å². The zero-order valence-corrected chi connectivity index (χ0v) is 12.8. The van der Waals surface area contributed by atoms with Crippen LogP contribution in [0, 0.1) is 17.8 Å². The van der Waals surface area contributed by atoms with Gasteiger partial charge in [-0.1, -0.05) is 65.4 Å². The van der Waals surface area contributed by atoms with E-state index in [1.165, 1.54) is 38.5 Å². The Hall–Kier alpha value is -0.630. The Kier molecular flexibility index (Phi) is 7.37. The highest BCUT2D eigenvalue weighted by Gasteiger charge is 2.36. The maximum Gasteiger partial charge on any atom is 0.161 e. The van der Waals surface area contributed by atoms with Gasteiger partial charge in [-0.3, -0.25) is 4.79 Å². The van der Waals surface area contributed by atoms with Gasteiger partial charge in [0.25, 0.3) is 0 Å². The molecule has 0 spiro atoms. The second-order valence-electron chi connectivity index (χ2n) is 6.24. The largest absolute Gasteiger partial charge is 0.392 e. The summed E-state index contributed by atoms with van der Waals surface area (Å²) >= 11 is 0. The number of aliphatic hydroxyl groups excluding tert-OH is 1. The van der Waals surface area contributed by atoms with Gasteiger partial charge in [-0.15, -0.1) is 0 Å². The number of carbonyl (C=O) groups excluding carboxylic acids is 1. The number of rotatable bonds is 9. The highest BCUT2D eigenvalue weighted by molar-refractivity contribution is 5.95. The van der Waals surface area contributed by atoms with Gasteiger partial charge < -0.3 is 5.11 Å². The Morgan fingerprint density at radius 3 is 2.42 bits per heavy atom. The predicted molar refractivity (Wildman–Crippen MR) is 80.0 cm³/mol. The third-order valence-electron chi connectivity index (χ3n) is 4.24. The highest BCUT2D eigenvalue weighted by Crippen LogP contribution is 2.32. The van der Waals surface area contributed by atoms with Crippen LogP contribution in [0.15, 0.2) is 12.2 Å². The lowest BCUT2D eigenvalue weighted by atomic mass is 9.81. The molecule has 2 nitrogen and oxygen atoms in total. The summed E-state index contributed by atoms with van der Waals surface area (Å²) in [4.78, 5) is 11.9. The molecule has 0 saturated heterocycles. The Balaban J connectivity index is 2.31. The minimum absolute atomic E-state index is 0.122. The van der Waals surface area contributed by atoms with Crippen molar-refractivity contribution in [2.45, 2.75) is 71.8 Å². The van der Waals surface area contributed by atoms with Gasteiger partial charge in [0.1, 0.15) is 0 Å². The quantitative estimate of drug-likeness (QED) is 0.637. The van der Waals surface area contributed by atoms with E-state index >= 15 is 0 Å². The Bertz CT molecular complexity index is 294. The minimum Gasteiger partial charge on any atom is -0.392 e. The first-order chi connectivity index (χ1) is 9.07. The van der Waals surface area contributed by atoms with E-state index in [9.17, 15) is 9.90 Å². The third kappa shape index (κ3) is 5.10. The molecule has 0 unspecified atom stereocenters. The number of aliphatic hydroxyl groups is 1. The molecule has 0 amide bonds. The molecule has 0 aliphatic heterocycles. The molecule has 1 aliphatic rings. The Morgan fingerprint density at radius 2 is 1.79 bits per heavy atom. The summed E-state index contributed by atoms with van der Waals surface area (Å²) in [5.41, 5.74) is 0. The van der Waals surface area contributed by atoms with Crippen molar-refractivity contribution in [2.24, 2.45) is 17.8 Å². The molecule has 2 heteroatoms. The number of unbranched alkanes of at least 4 members (excludes halogenated alkanes) is 5. The monoisotopic (exact) mass is 266 g/mol. The zero-order chi connectivity index (χ0) is 14.3. The van der Waals surface area contributed by atoms with Crippen LogP contribution in [-0.4, -0.2) is 17.0 Å². The van der Waals surface area contributed by atoms with E-state index in [1.807, 2.05) is 19.9 Å². The molecule has 1 N–H and O–H groups in total. The van der Waals surface area contributed by atoms with Gasteiger partial charge >= 0.3 is 0 Å². The smallest absolute Gasteiger partial charge is 0.161 e. The lowest BCUT2D eigenvalue weighted by molar-refractivity contribution is -0.123. The third-order valence-corrected chi connectivity index (χ3v) is 4.24. The first-order valence-corrected chi connectivity index (χ1v) is 7.98. The van der Waals surface area contributed by atoms with Gasteiger partial charge in [0.15, 0.2) is 5.78 Å². The van der Waals surface area contributed by atoms with Crippen LogP contribution in [0.1, 0.15) is 65.7 Å². The molecule has 0 aromatic carbocycles. The van der Waals surface area contributed by atoms with Crippen molar-refractivity contribution in [2.75, 3.05) is 0 Å². The molecule has 3 atom stereocenters. The molecule has 0 aromatic heterocycles. The van der Waals surface area contributed by atoms with E-state index < -0.39 is 6.10 Å². The van der Waals surface area contributed by atoms with Crippen LogP contribution in [0.2, 0.25) is 0 Å². The van der Waals surface area contributed by atoms with Crippen LogP contribution in [0.5, 0.6) is 0 Å². The summed E-state index contributed by atoms with van der Waals surface area (Å²) in [6.45, 7) is 6.20. The molecular formula is C17H30O2. The van der Waals surface area contributed by atoms with Crippen molar-refractivity contribution >= 4 is 5.78 Å². The number of hydrogen-bond acceptors (Lipinski definition) is 2. The number of allylic oxidation sites excluding steroid dienone is 2. The maximum absolute atomic E-state index is 11.9. The molecule has 110 valence electrons. The summed E-state index contributed by atoms with van der Waals surface area (Å²) in [5, 5.41) is 10.2. The van der Waals surface area contributed by atoms with Crippen molar-refractivity contribution < 1.29 is 9.90 Å². The van der Waals surface area contributed by atoms with Crippen LogP contribution in [0.25, 0.3) is 0 Å². The number of ketones is 1. The van der Waals surface area contributed by atoms with E-state index in [0.29, 0.717) is 0 Å². The van der Waals surface area contributed by atoms with Gasteiger partial charge in [0, 0.05) is 0 Å². The summed E-state index contributed by atoms with van der Waals surface area (Å²) in [7, 11) is 0. The normalized spacial score (nSPS) is 24.4. The lowest BCUT2D eigenvalue weighted by Gasteiger charge is -2.26. The van der Waals surface area contributed by atoms with E-state index in [1.54, 1.807) is 6.08 Å². The molecular weight excluding hydrogens is 236 g/mol. The molecule has 0 aromatic rings. The predicted octanol–water partition coefficient (Wildman–Crippen LogP) is 4.13. The summed E-state index contributed by atoms with van der Waals surface area (Å²) in [6.07, 6.45) is 11.9. The highest BCUT2D eigenvalue weighted by atomic mass is 16.3. The van der Waals surface area contributed by atoms with Crippen molar-refractivity contribution in [3.05, 3.63) is 12.2 Å². The van der Waals surface area contributed by atoms with Gasteiger partial charge in [-0.2, -0.15) is 0 Å². The minimum atomic E-state index is -0.493. The molecule has 1 aliphatic carbocycles. The fourth-order valence-corrected chi connectivity index (χ4v) is 2.93. The average Bonchev–Trinajstić information content (AvgIpc) is 2.74. The van der Waals surface area contributed by atoms with Crippen LogP contribution in [-0.2, 0) is 4.79 Å². The summed E-state index contributed by atoms with van der Waals surface area (Å²) in [6, 6.07) is 0. The van der Waals surface area contributed by atoms with Crippen LogP contribution in [0.3, 0.4) is 0 Å². The van der Waals surface area contributed by atoms with Crippen molar-refractivity contribution in [1.29, 1.82) is 0 Å². The molecule has 0 saturated carbocycles. The van der Waals surface area contributed by atoms with E-state index in [0.717, 1.165) is 6.42 Å². The first kappa shape index (κ1) is 16.4. The first-order valence-electron chi connectivity index (χ1n) is 7.98. The molecule has 0 fully saturated rings. The van der Waals surface area contributed by atoms with Crippen molar-refractivity contribution in [1.82, 2.24) is 0 Å². The molecule has 1 rings (SSSR count). The zero-order valence-electron chi connectivity index (χ0n) is 12.8. The van der Waals surface area contributed by atoms with Crippen molar-refractivity contribution in [3.63, 3.8) is 0 Å². The van der Waals surface area contributed by atoms with Crippen LogP contribution < -0.4 is 0 Å². The Labute approximate surface area is 118 Å². The lowest BCUT2D eigenvalue weighted by Crippen LogP contribution is -2.33. The SMILES string of the molecule is CCCCCCCC[C@H]1C=CC(=O)[C@@H]1[C@@H](O)C(C)C. The maximum atomic E-state index is 11.9. The van der Waals surface area contributed by atoms with Gasteiger partial charge in [0.05, 0.1) is 12.0 Å². The van der Waals surface area contributed by atoms with E-state index in [-0.39, 0.29) is 23.5 Å². The average molecular weight is 266 g/mol. The topological polar surface area (TPSA) is 37.3 Å². The number of hydrogen-bond donors (Lipinski definition) is 1. The number of carbonyl (C=O) groups is 1. The van der Waals surface area contributed by atoms with Gasteiger partial charge in [-0.05, 0) is 24.3 Å². The molecule has 0 bridgehead atoms. The standard InChI is InChI=1S/C17H30O2/c1-4-5-6-7-8-9-10-14-11-12-15(18)16(14)17(19)13(2)3/h11-14,16-17,19H,4-10H2,1-3H3/t14-,16+,17-/m0/s1. The molecule has 0 radical (unpaired) electrons. The summed E-state index contributed by atoms with van der Waals surface area (Å²) in [5.74, 6) is 0.352. The van der Waals surface area contributed by atoms with Crippen molar-refractivity contribution in [3.8, 4) is 0 Å². The van der Waals surface area contributed by atoms with Crippen LogP contribution >= 0.6 is 0 Å². The van der Waals surface area contributed by atoms with E-state index in [4.69, 9.17) is 0 Å². The second-order valence-corrected chi connectivity index (χ2v) is 6.24.